The van der Waals surface area contributed by atoms with Crippen molar-refractivity contribution in [2.24, 2.45) is 11.0 Å². The van der Waals surface area contributed by atoms with Crippen molar-refractivity contribution in [2.45, 2.75) is 40.2 Å². The van der Waals surface area contributed by atoms with Crippen LogP contribution in [0.15, 0.2) is 46.1 Å². The Morgan fingerprint density at radius 2 is 1.91 bits per heavy atom. The topological polar surface area (TPSA) is 78.6 Å². The summed E-state index contributed by atoms with van der Waals surface area (Å²) in [5.74, 6) is 0.262. The highest BCUT2D eigenvalue weighted by atomic mass is 16.5. The average molecular weight is 481 g/mol. The number of benzene rings is 1. The van der Waals surface area contributed by atoms with Gasteiger partial charge in [0.25, 0.3) is 5.91 Å². The first-order valence-corrected chi connectivity index (χ1v) is 12.4. The van der Waals surface area contributed by atoms with Crippen LogP contribution in [0.5, 0.6) is 0 Å². The van der Waals surface area contributed by atoms with Crippen molar-refractivity contribution < 1.29 is 18.7 Å². The van der Waals surface area contributed by atoms with E-state index < -0.39 is 0 Å². The Hall–Kier alpha value is -2.97. The number of hydrogen-bond donors (Lipinski definition) is 0. The standard InChI is InChI=1S/C27H36N4O4/c1-19(2)27(33)30(10-9-29-11-14-34-15-12-29)18-26(32)31-24(25-6-5-13-35-25)17-23(28-31)22-8-7-20(3)21(4)16-22/h5-8,13,16,19,24H,9-12,14-15,17-18H2,1-4H3/t24-/m1/s1. The maximum absolute atomic E-state index is 13.6. The molecule has 0 radical (unpaired) electrons. The average Bonchev–Trinajstić information content (AvgIpc) is 3.54. The Bertz CT molecular complexity index is 1060. The molecule has 3 heterocycles. The summed E-state index contributed by atoms with van der Waals surface area (Å²) < 4.78 is 11.1. The molecule has 1 saturated heterocycles. The first-order valence-electron chi connectivity index (χ1n) is 12.4. The molecule has 0 spiro atoms. The number of aryl methyl sites for hydroxylation is 2. The lowest BCUT2D eigenvalue weighted by Crippen LogP contribution is -2.47. The Labute approximate surface area is 207 Å². The van der Waals surface area contributed by atoms with Crippen molar-refractivity contribution in [1.82, 2.24) is 14.8 Å². The van der Waals surface area contributed by atoms with Crippen molar-refractivity contribution in [1.29, 1.82) is 0 Å². The molecule has 2 amide bonds. The number of furan rings is 1. The van der Waals surface area contributed by atoms with Gasteiger partial charge < -0.3 is 14.1 Å². The first-order chi connectivity index (χ1) is 16.8. The van der Waals surface area contributed by atoms with Gasteiger partial charge in [0.15, 0.2) is 0 Å². The molecule has 2 aromatic rings. The van der Waals surface area contributed by atoms with Gasteiger partial charge in [-0.3, -0.25) is 14.5 Å². The SMILES string of the molecule is Cc1ccc(C2=NN(C(=O)CN(CCN3CCOCC3)C(=O)C(C)C)[C@@H](c3ccco3)C2)cc1C. The summed E-state index contributed by atoms with van der Waals surface area (Å²) in [4.78, 5) is 30.5. The molecule has 188 valence electrons. The molecule has 0 aliphatic carbocycles. The van der Waals surface area contributed by atoms with Crippen LogP contribution in [-0.2, 0) is 14.3 Å². The van der Waals surface area contributed by atoms with Crippen molar-refractivity contribution in [3.8, 4) is 0 Å². The summed E-state index contributed by atoms with van der Waals surface area (Å²) in [6, 6.07) is 9.60. The minimum absolute atomic E-state index is 0.0116. The van der Waals surface area contributed by atoms with Crippen LogP contribution in [0.25, 0.3) is 0 Å². The van der Waals surface area contributed by atoms with E-state index in [-0.39, 0.29) is 30.3 Å². The van der Waals surface area contributed by atoms with Gasteiger partial charge in [0.2, 0.25) is 5.91 Å². The lowest BCUT2D eigenvalue weighted by molar-refractivity contribution is -0.143. The Morgan fingerprint density at radius 1 is 1.14 bits per heavy atom. The van der Waals surface area contributed by atoms with E-state index in [0.29, 0.717) is 38.5 Å². The second-order valence-corrected chi connectivity index (χ2v) is 9.69. The summed E-state index contributed by atoms with van der Waals surface area (Å²) in [6.07, 6.45) is 2.18. The molecule has 1 fully saturated rings. The van der Waals surface area contributed by atoms with Gasteiger partial charge in [-0.05, 0) is 48.7 Å². The minimum Gasteiger partial charge on any atom is -0.467 e. The summed E-state index contributed by atoms with van der Waals surface area (Å²) in [5, 5.41) is 6.26. The van der Waals surface area contributed by atoms with Gasteiger partial charge in [0.1, 0.15) is 18.3 Å². The fourth-order valence-corrected chi connectivity index (χ4v) is 4.49. The predicted molar refractivity (Wildman–Crippen MR) is 134 cm³/mol. The molecule has 1 atom stereocenters. The van der Waals surface area contributed by atoms with Gasteiger partial charge in [0, 0.05) is 38.5 Å². The molecule has 8 nitrogen and oxygen atoms in total. The van der Waals surface area contributed by atoms with Gasteiger partial charge in [-0.25, -0.2) is 5.01 Å². The molecule has 2 aliphatic rings. The van der Waals surface area contributed by atoms with E-state index in [4.69, 9.17) is 14.3 Å². The van der Waals surface area contributed by atoms with Crippen LogP contribution in [0.4, 0.5) is 0 Å². The summed E-state index contributed by atoms with van der Waals surface area (Å²) in [6.45, 7) is 12.2. The molecular formula is C27H36N4O4. The largest absolute Gasteiger partial charge is 0.467 e. The van der Waals surface area contributed by atoms with Crippen molar-refractivity contribution >= 4 is 17.5 Å². The molecule has 35 heavy (non-hydrogen) atoms. The minimum atomic E-state index is -0.329. The second kappa shape index (κ2) is 11.2. The third-order valence-electron chi connectivity index (χ3n) is 6.80. The zero-order valence-electron chi connectivity index (χ0n) is 21.2. The third-order valence-corrected chi connectivity index (χ3v) is 6.80. The molecule has 1 aromatic carbocycles. The number of morpholine rings is 1. The highest BCUT2D eigenvalue weighted by Crippen LogP contribution is 2.33. The number of hydrogen-bond acceptors (Lipinski definition) is 6. The number of nitrogens with zero attached hydrogens (tertiary/aromatic N) is 4. The van der Waals surface area contributed by atoms with Crippen LogP contribution in [-0.4, -0.2) is 78.3 Å². The zero-order valence-corrected chi connectivity index (χ0v) is 21.2. The number of ether oxygens (including phenoxy) is 1. The van der Waals surface area contributed by atoms with E-state index in [2.05, 4.69) is 30.9 Å². The van der Waals surface area contributed by atoms with Crippen LogP contribution in [0.3, 0.4) is 0 Å². The summed E-state index contributed by atoms with van der Waals surface area (Å²) in [5.41, 5.74) is 4.24. The van der Waals surface area contributed by atoms with Crippen LogP contribution < -0.4 is 0 Å². The number of rotatable bonds is 8. The Kier molecular flexibility index (Phi) is 8.03. The molecule has 8 heteroatoms. The van der Waals surface area contributed by atoms with Gasteiger partial charge in [0.05, 0.1) is 25.2 Å². The Morgan fingerprint density at radius 3 is 2.57 bits per heavy atom. The zero-order chi connectivity index (χ0) is 24.9. The van der Waals surface area contributed by atoms with Gasteiger partial charge in [-0.2, -0.15) is 5.10 Å². The highest BCUT2D eigenvalue weighted by molar-refractivity contribution is 6.03. The molecule has 0 bridgehead atoms. The Balaban J connectivity index is 1.54. The predicted octanol–water partition coefficient (Wildman–Crippen LogP) is 3.39. The van der Waals surface area contributed by atoms with Gasteiger partial charge in [-0.15, -0.1) is 0 Å². The quantitative estimate of drug-likeness (QED) is 0.579. The maximum atomic E-state index is 13.6. The number of carbonyl (C=O) groups excluding carboxylic acids is 2. The molecular weight excluding hydrogens is 444 g/mol. The molecule has 0 saturated carbocycles. The summed E-state index contributed by atoms with van der Waals surface area (Å²) in [7, 11) is 0. The third kappa shape index (κ3) is 6.00. The van der Waals surface area contributed by atoms with Crippen LogP contribution >= 0.6 is 0 Å². The fraction of sp³-hybridized carbons (Fsp3) is 0.519. The van der Waals surface area contributed by atoms with Crippen LogP contribution in [0, 0.1) is 19.8 Å². The van der Waals surface area contributed by atoms with Crippen molar-refractivity contribution in [2.75, 3.05) is 45.9 Å². The van der Waals surface area contributed by atoms with Crippen molar-refractivity contribution in [3.63, 3.8) is 0 Å². The molecule has 4 rings (SSSR count). The lowest BCUT2D eigenvalue weighted by Gasteiger charge is -2.31. The van der Waals surface area contributed by atoms with E-state index in [9.17, 15) is 9.59 Å². The molecule has 0 N–H and O–H groups in total. The maximum Gasteiger partial charge on any atom is 0.262 e. The number of hydrazone groups is 1. The van der Waals surface area contributed by atoms with Gasteiger partial charge in [-0.1, -0.05) is 26.0 Å². The van der Waals surface area contributed by atoms with Crippen LogP contribution in [0.2, 0.25) is 0 Å². The van der Waals surface area contributed by atoms with E-state index in [0.717, 1.165) is 24.4 Å². The molecule has 2 aliphatic heterocycles. The van der Waals surface area contributed by atoms with E-state index in [1.807, 2.05) is 32.0 Å². The van der Waals surface area contributed by atoms with Crippen molar-refractivity contribution in [3.05, 3.63) is 59.0 Å². The first kappa shape index (κ1) is 25.1. The molecule has 1 aromatic heterocycles. The van der Waals surface area contributed by atoms with Gasteiger partial charge >= 0.3 is 0 Å². The number of carbonyl (C=O) groups is 2. The second-order valence-electron chi connectivity index (χ2n) is 9.69. The highest BCUT2D eigenvalue weighted by Gasteiger charge is 2.36. The fourth-order valence-electron chi connectivity index (χ4n) is 4.49. The molecule has 0 unspecified atom stereocenters. The summed E-state index contributed by atoms with van der Waals surface area (Å²) >= 11 is 0. The van der Waals surface area contributed by atoms with Crippen LogP contribution in [0.1, 0.15) is 48.8 Å². The lowest BCUT2D eigenvalue weighted by atomic mass is 9.99. The van der Waals surface area contributed by atoms with E-state index >= 15 is 0 Å². The van der Waals surface area contributed by atoms with E-state index in [1.54, 1.807) is 11.2 Å². The normalized spacial score (nSPS) is 18.7. The monoisotopic (exact) mass is 480 g/mol. The number of amides is 2. The smallest absolute Gasteiger partial charge is 0.262 e. The van der Waals surface area contributed by atoms with E-state index in [1.165, 1.54) is 16.1 Å².